The monoisotopic (exact) mass is 496 g/mol. The van der Waals surface area contributed by atoms with E-state index in [0.717, 1.165) is 23.6 Å². The summed E-state index contributed by atoms with van der Waals surface area (Å²) in [5.41, 5.74) is 0.848. The Kier molecular flexibility index (Phi) is 6.74. The molecule has 10 heteroatoms. The number of halogens is 1. The number of aromatic amines is 1. The van der Waals surface area contributed by atoms with E-state index in [1.807, 2.05) is 24.3 Å². The van der Waals surface area contributed by atoms with Crippen LogP contribution in [0.15, 0.2) is 46.0 Å². The number of guanidine groups is 1. The molecule has 0 unspecified atom stereocenters. The van der Waals surface area contributed by atoms with Gasteiger partial charge < -0.3 is 24.5 Å². The zero-order chi connectivity index (χ0) is 18.5. The highest BCUT2D eigenvalue weighted by Gasteiger charge is 2.12. The summed E-state index contributed by atoms with van der Waals surface area (Å²) in [4.78, 5) is 8.62. The lowest BCUT2D eigenvalue weighted by Crippen LogP contribution is -2.30. The molecule has 0 amide bonds. The molecule has 1 aromatic carbocycles. The molecule has 3 aromatic rings. The smallest absolute Gasteiger partial charge is 0.216 e. The van der Waals surface area contributed by atoms with Crippen LogP contribution in [0.1, 0.15) is 12.2 Å². The first-order valence-corrected chi connectivity index (χ1v) is 8.64. The molecule has 1 aliphatic heterocycles. The van der Waals surface area contributed by atoms with E-state index in [0.29, 0.717) is 43.1 Å². The number of nitrogens with zero attached hydrogens (tertiary/aromatic N) is 3. The predicted octanol–water partition coefficient (Wildman–Crippen LogP) is 3.03. The van der Waals surface area contributed by atoms with Gasteiger partial charge in [0.2, 0.25) is 5.82 Å². The lowest BCUT2D eigenvalue weighted by Gasteiger charge is -2.13. The average molecular weight is 496 g/mol. The highest BCUT2D eigenvalue weighted by molar-refractivity contribution is 14.0. The maximum atomic E-state index is 5.71. The van der Waals surface area contributed by atoms with Gasteiger partial charge in [-0.05, 0) is 24.3 Å². The molecule has 148 valence electrons. The summed E-state index contributed by atoms with van der Waals surface area (Å²) in [5, 5.41) is 13.4. The van der Waals surface area contributed by atoms with Gasteiger partial charge in [0.25, 0.3) is 0 Å². The highest BCUT2D eigenvalue weighted by atomic mass is 127. The maximum Gasteiger partial charge on any atom is 0.216 e. The van der Waals surface area contributed by atoms with Crippen molar-refractivity contribution in [1.29, 1.82) is 0 Å². The van der Waals surface area contributed by atoms with E-state index in [4.69, 9.17) is 13.9 Å². The van der Waals surface area contributed by atoms with Gasteiger partial charge in [-0.1, -0.05) is 0 Å². The molecule has 0 fully saturated rings. The largest absolute Gasteiger partial charge is 0.490 e. The number of benzene rings is 1. The van der Waals surface area contributed by atoms with Crippen LogP contribution in [0, 0.1) is 0 Å². The number of rotatable bonds is 4. The fourth-order valence-corrected chi connectivity index (χ4v) is 2.61. The molecule has 3 heterocycles. The molecular formula is C18H21IN6O3. The van der Waals surface area contributed by atoms with Gasteiger partial charge in [-0.25, -0.2) is 4.98 Å². The minimum absolute atomic E-state index is 0. The number of hydrogen-bond acceptors (Lipinski definition) is 6. The first kappa shape index (κ1) is 20.0. The summed E-state index contributed by atoms with van der Waals surface area (Å²) < 4.78 is 16.7. The van der Waals surface area contributed by atoms with Gasteiger partial charge in [-0.3, -0.25) is 10.1 Å². The normalized spacial score (nSPS) is 13.4. The van der Waals surface area contributed by atoms with Crippen molar-refractivity contribution in [2.24, 2.45) is 4.99 Å². The van der Waals surface area contributed by atoms with Crippen molar-refractivity contribution in [3.8, 4) is 23.1 Å². The lowest BCUT2D eigenvalue weighted by atomic mass is 10.3. The zero-order valence-corrected chi connectivity index (χ0v) is 17.6. The predicted molar refractivity (Wildman–Crippen MR) is 115 cm³/mol. The topological polar surface area (TPSA) is 110 Å². The summed E-state index contributed by atoms with van der Waals surface area (Å²) in [6, 6.07) is 9.32. The fraction of sp³-hybridized carbons (Fsp3) is 0.278. The Bertz CT molecular complexity index is 925. The maximum absolute atomic E-state index is 5.71. The summed E-state index contributed by atoms with van der Waals surface area (Å²) >= 11 is 0. The molecule has 4 rings (SSSR count). The second kappa shape index (κ2) is 9.44. The Labute approximate surface area is 179 Å². The molecule has 2 aromatic heterocycles. The van der Waals surface area contributed by atoms with E-state index in [1.54, 1.807) is 19.4 Å². The molecule has 9 nitrogen and oxygen atoms in total. The van der Waals surface area contributed by atoms with E-state index in [-0.39, 0.29) is 24.0 Å². The van der Waals surface area contributed by atoms with Gasteiger partial charge >= 0.3 is 0 Å². The third kappa shape index (κ3) is 4.74. The van der Waals surface area contributed by atoms with Gasteiger partial charge in [-0.2, -0.15) is 0 Å². The van der Waals surface area contributed by atoms with Gasteiger partial charge in [0, 0.05) is 25.2 Å². The molecule has 0 spiro atoms. The van der Waals surface area contributed by atoms with Gasteiger partial charge in [0.05, 0.1) is 26.0 Å². The highest BCUT2D eigenvalue weighted by Crippen LogP contribution is 2.32. The van der Waals surface area contributed by atoms with E-state index in [9.17, 15) is 0 Å². The third-order valence-electron chi connectivity index (χ3n) is 3.93. The number of hydrogen-bond donors (Lipinski definition) is 3. The van der Waals surface area contributed by atoms with Crippen molar-refractivity contribution in [2.75, 3.05) is 25.6 Å². The van der Waals surface area contributed by atoms with Crippen LogP contribution in [0.25, 0.3) is 11.6 Å². The van der Waals surface area contributed by atoms with Crippen LogP contribution in [0.5, 0.6) is 11.5 Å². The summed E-state index contributed by atoms with van der Waals surface area (Å²) in [7, 11) is 1.70. The zero-order valence-electron chi connectivity index (χ0n) is 15.3. The first-order valence-electron chi connectivity index (χ1n) is 8.64. The number of H-pyrrole nitrogens is 1. The Morgan fingerprint density at radius 3 is 2.86 bits per heavy atom. The van der Waals surface area contributed by atoms with Crippen molar-refractivity contribution in [3.05, 3.63) is 42.4 Å². The number of anilines is 1. The number of nitrogens with one attached hydrogen (secondary N) is 3. The van der Waals surface area contributed by atoms with E-state index in [1.165, 1.54) is 0 Å². The molecular weight excluding hydrogens is 475 g/mol. The summed E-state index contributed by atoms with van der Waals surface area (Å²) in [6.07, 6.45) is 2.46. The van der Waals surface area contributed by atoms with E-state index < -0.39 is 0 Å². The summed E-state index contributed by atoms with van der Waals surface area (Å²) in [5.74, 6) is 3.89. The van der Waals surface area contributed by atoms with E-state index in [2.05, 4.69) is 30.8 Å². The van der Waals surface area contributed by atoms with Gasteiger partial charge in [0.1, 0.15) is 5.82 Å². The van der Waals surface area contributed by atoms with Crippen LogP contribution >= 0.6 is 24.0 Å². The molecule has 0 aliphatic carbocycles. The van der Waals surface area contributed by atoms with Crippen LogP contribution < -0.4 is 20.1 Å². The quantitative estimate of drug-likeness (QED) is 0.290. The second-order valence-electron chi connectivity index (χ2n) is 5.85. The van der Waals surface area contributed by atoms with Gasteiger partial charge in [0.15, 0.2) is 23.2 Å². The molecule has 28 heavy (non-hydrogen) atoms. The Morgan fingerprint density at radius 1 is 1.21 bits per heavy atom. The number of aromatic nitrogens is 3. The minimum atomic E-state index is 0. The van der Waals surface area contributed by atoms with Crippen molar-refractivity contribution >= 4 is 35.6 Å². The van der Waals surface area contributed by atoms with Crippen LogP contribution in [0.2, 0.25) is 0 Å². The second-order valence-corrected chi connectivity index (χ2v) is 5.85. The minimum Gasteiger partial charge on any atom is -0.490 e. The number of aliphatic imine (C=N–C) groups is 1. The first-order chi connectivity index (χ1) is 13.3. The molecule has 0 saturated heterocycles. The molecule has 0 radical (unpaired) electrons. The standard InChI is InChI=1S/C18H20N6O3.HI/c1-19-18(20-11-16-22-17(24-23-16)14-4-2-7-26-14)21-12-5-6-13-15(10-12)27-9-3-8-25-13;/h2,4-7,10H,3,8-9,11H2,1H3,(H2,19,20,21)(H,22,23,24);1H. The Morgan fingerprint density at radius 2 is 2.07 bits per heavy atom. The fourth-order valence-electron chi connectivity index (χ4n) is 2.61. The molecule has 0 bridgehead atoms. The molecule has 0 saturated carbocycles. The van der Waals surface area contributed by atoms with Crippen molar-refractivity contribution < 1.29 is 13.9 Å². The van der Waals surface area contributed by atoms with Crippen LogP contribution in [-0.4, -0.2) is 41.4 Å². The van der Waals surface area contributed by atoms with Crippen LogP contribution in [0.3, 0.4) is 0 Å². The third-order valence-corrected chi connectivity index (χ3v) is 3.93. The van der Waals surface area contributed by atoms with Crippen LogP contribution in [0.4, 0.5) is 5.69 Å². The molecule has 1 aliphatic rings. The summed E-state index contributed by atoms with van der Waals surface area (Å²) in [6.45, 7) is 1.74. The SMILES string of the molecule is CN=C(NCc1nc(-c2ccco2)n[nH]1)Nc1ccc2c(c1)OCCCO2.I. The van der Waals surface area contributed by atoms with Crippen molar-refractivity contribution in [2.45, 2.75) is 13.0 Å². The van der Waals surface area contributed by atoms with Gasteiger partial charge in [-0.15, -0.1) is 29.1 Å². The average Bonchev–Trinajstić information content (AvgIpc) is 3.33. The Hall–Kier alpha value is -2.76. The van der Waals surface area contributed by atoms with Crippen molar-refractivity contribution in [3.63, 3.8) is 0 Å². The molecule has 0 atom stereocenters. The number of furan rings is 1. The Balaban J connectivity index is 0.00000225. The number of ether oxygens (including phenoxy) is 2. The number of fused-ring (bicyclic) bond motifs is 1. The molecule has 3 N–H and O–H groups in total. The van der Waals surface area contributed by atoms with Crippen molar-refractivity contribution in [1.82, 2.24) is 20.5 Å². The van der Waals surface area contributed by atoms with E-state index >= 15 is 0 Å². The van der Waals surface area contributed by atoms with Crippen LogP contribution in [-0.2, 0) is 6.54 Å². The lowest BCUT2D eigenvalue weighted by molar-refractivity contribution is 0.297.